The zero-order valence-electron chi connectivity index (χ0n) is 18.0. The van der Waals surface area contributed by atoms with Crippen molar-refractivity contribution in [3.8, 4) is 0 Å². The smallest absolute Gasteiger partial charge is 0.330 e. The molecule has 2 aromatic carbocycles. The first kappa shape index (κ1) is 21.6. The molecular weight excluding hydrogens is 380 g/mol. The lowest BCUT2D eigenvalue weighted by Gasteiger charge is -2.32. The van der Waals surface area contributed by atoms with Gasteiger partial charge < -0.3 is 10.1 Å². The summed E-state index contributed by atoms with van der Waals surface area (Å²) in [4.78, 5) is 41.0. The highest BCUT2D eigenvalue weighted by Gasteiger charge is 2.57. The molecule has 1 saturated heterocycles. The molecule has 1 aliphatic rings. The van der Waals surface area contributed by atoms with Crippen LogP contribution in [0.5, 0.6) is 0 Å². The van der Waals surface area contributed by atoms with Crippen LogP contribution in [0.2, 0.25) is 0 Å². The molecule has 3 amide bonds. The van der Waals surface area contributed by atoms with E-state index in [9.17, 15) is 14.4 Å². The number of hydrogen-bond acceptors (Lipinski definition) is 4. The molecule has 30 heavy (non-hydrogen) atoms. The van der Waals surface area contributed by atoms with Crippen molar-refractivity contribution in [2.45, 2.75) is 51.8 Å². The van der Waals surface area contributed by atoms with Crippen molar-refractivity contribution in [3.05, 3.63) is 71.8 Å². The van der Waals surface area contributed by atoms with E-state index in [0.717, 1.165) is 4.90 Å². The summed E-state index contributed by atoms with van der Waals surface area (Å²) in [6, 6.07) is 16.5. The molecule has 1 aliphatic heterocycles. The van der Waals surface area contributed by atoms with E-state index in [4.69, 9.17) is 4.74 Å². The number of urea groups is 1. The lowest BCUT2D eigenvalue weighted by atomic mass is 9.82. The van der Waals surface area contributed by atoms with E-state index in [0.29, 0.717) is 11.1 Å². The number of ether oxygens (including phenoxy) is 1. The van der Waals surface area contributed by atoms with Crippen molar-refractivity contribution in [1.82, 2.24) is 10.2 Å². The maximum Gasteiger partial charge on any atom is 0.330 e. The summed E-state index contributed by atoms with van der Waals surface area (Å²) >= 11 is 0. The number of esters is 1. The van der Waals surface area contributed by atoms with Gasteiger partial charge in [-0.3, -0.25) is 4.79 Å². The Hall–Kier alpha value is -3.15. The van der Waals surface area contributed by atoms with Crippen LogP contribution in [0.15, 0.2) is 60.7 Å². The summed E-state index contributed by atoms with van der Waals surface area (Å²) in [5.41, 5.74) is -0.888. The Balaban J connectivity index is 2.12. The molecule has 0 saturated carbocycles. The Labute approximate surface area is 177 Å². The monoisotopic (exact) mass is 408 g/mol. The van der Waals surface area contributed by atoms with Gasteiger partial charge >= 0.3 is 12.0 Å². The average molecular weight is 408 g/mol. The van der Waals surface area contributed by atoms with E-state index in [1.807, 2.05) is 36.4 Å². The molecule has 6 nitrogen and oxygen atoms in total. The molecule has 158 valence electrons. The Kier molecular flexibility index (Phi) is 5.70. The van der Waals surface area contributed by atoms with E-state index < -0.39 is 35.1 Å². The summed E-state index contributed by atoms with van der Waals surface area (Å²) in [6.45, 7) is 8.85. The van der Waals surface area contributed by atoms with Gasteiger partial charge in [-0.25, -0.2) is 14.5 Å². The highest BCUT2D eigenvalue weighted by Crippen LogP contribution is 2.38. The second-order valence-corrected chi connectivity index (χ2v) is 8.81. The first-order valence-electron chi connectivity index (χ1n) is 10.1. The Bertz CT molecular complexity index is 893. The van der Waals surface area contributed by atoms with Gasteiger partial charge in [0.1, 0.15) is 11.6 Å². The molecule has 0 spiro atoms. The second kappa shape index (κ2) is 7.94. The van der Waals surface area contributed by atoms with Gasteiger partial charge in [0.05, 0.1) is 0 Å². The van der Waals surface area contributed by atoms with Crippen LogP contribution < -0.4 is 5.32 Å². The Morgan fingerprint density at radius 1 is 0.933 bits per heavy atom. The van der Waals surface area contributed by atoms with Crippen molar-refractivity contribution >= 4 is 17.9 Å². The van der Waals surface area contributed by atoms with Gasteiger partial charge in [0.25, 0.3) is 5.91 Å². The molecule has 0 bridgehead atoms. The van der Waals surface area contributed by atoms with Crippen LogP contribution in [-0.2, 0) is 19.9 Å². The number of nitrogens with one attached hydrogen (secondary N) is 1. The SMILES string of the molecule is CC(C)C(C(=O)OC(C)(C)C)N1C(=O)NC(c2ccccc2)(c2ccccc2)C1=O. The largest absolute Gasteiger partial charge is 0.458 e. The van der Waals surface area contributed by atoms with Gasteiger partial charge in [-0.1, -0.05) is 74.5 Å². The molecule has 1 fully saturated rings. The minimum Gasteiger partial charge on any atom is -0.458 e. The maximum absolute atomic E-state index is 13.9. The number of hydrogen-bond donors (Lipinski definition) is 1. The van der Waals surface area contributed by atoms with Crippen LogP contribution in [0.4, 0.5) is 4.79 Å². The lowest BCUT2D eigenvalue weighted by Crippen LogP contribution is -2.52. The van der Waals surface area contributed by atoms with Gasteiger partial charge in [0, 0.05) is 0 Å². The number of amides is 3. The van der Waals surface area contributed by atoms with Crippen LogP contribution >= 0.6 is 0 Å². The molecular formula is C24H28N2O4. The predicted octanol–water partition coefficient (Wildman–Crippen LogP) is 3.85. The number of carbonyl (C=O) groups is 3. The number of benzene rings is 2. The molecule has 1 atom stereocenters. The molecule has 1 N–H and O–H groups in total. The molecule has 3 rings (SSSR count). The molecule has 6 heteroatoms. The lowest BCUT2D eigenvalue weighted by molar-refractivity contribution is -0.164. The highest BCUT2D eigenvalue weighted by atomic mass is 16.6. The van der Waals surface area contributed by atoms with Crippen molar-refractivity contribution < 1.29 is 19.1 Å². The third-order valence-corrected chi connectivity index (χ3v) is 5.02. The third kappa shape index (κ3) is 3.82. The van der Waals surface area contributed by atoms with Crippen molar-refractivity contribution in [2.75, 3.05) is 0 Å². The van der Waals surface area contributed by atoms with Crippen LogP contribution in [0, 0.1) is 5.92 Å². The first-order chi connectivity index (χ1) is 14.1. The second-order valence-electron chi connectivity index (χ2n) is 8.81. The minimum absolute atomic E-state index is 0.322. The van der Waals surface area contributed by atoms with Crippen LogP contribution in [0.3, 0.4) is 0 Å². The highest BCUT2D eigenvalue weighted by molar-refractivity contribution is 6.11. The van der Waals surface area contributed by atoms with Crippen molar-refractivity contribution in [2.24, 2.45) is 5.92 Å². The van der Waals surface area contributed by atoms with Crippen molar-refractivity contribution in [3.63, 3.8) is 0 Å². The zero-order valence-corrected chi connectivity index (χ0v) is 18.0. The number of imide groups is 1. The van der Waals surface area contributed by atoms with E-state index in [2.05, 4.69) is 5.32 Å². The molecule has 2 aromatic rings. The van der Waals surface area contributed by atoms with Gasteiger partial charge in [-0.05, 0) is 37.8 Å². The molecule has 0 aromatic heterocycles. The van der Waals surface area contributed by atoms with Gasteiger partial charge in [0.2, 0.25) is 0 Å². The van der Waals surface area contributed by atoms with E-state index >= 15 is 0 Å². The standard InChI is InChI=1S/C24H28N2O4/c1-16(2)19(20(27)30-23(3,4)5)26-21(28)24(25-22(26)29,17-12-8-6-9-13-17)18-14-10-7-11-15-18/h6-16,19H,1-5H3,(H,25,29). The van der Waals surface area contributed by atoms with Crippen LogP contribution in [0.1, 0.15) is 45.7 Å². The molecule has 1 unspecified atom stereocenters. The quantitative estimate of drug-likeness (QED) is 0.602. The summed E-state index contributed by atoms with van der Waals surface area (Å²) in [7, 11) is 0. The van der Waals surface area contributed by atoms with Gasteiger partial charge in [0.15, 0.2) is 5.54 Å². The number of carbonyl (C=O) groups excluding carboxylic acids is 3. The zero-order chi connectivity index (χ0) is 22.1. The summed E-state index contributed by atoms with van der Waals surface area (Å²) in [5, 5.41) is 2.88. The third-order valence-electron chi connectivity index (χ3n) is 5.02. The molecule has 0 aliphatic carbocycles. The van der Waals surface area contributed by atoms with Crippen molar-refractivity contribution in [1.29, 1.82) is 0 Å². The fourth-order valence-electron chi connectivity index (χ4n) is 3.77. The summed E-state index contributed by atoms with van der Waals surface area (Å²) < 4.78 is 5.54. The van der Waals surface area contributed by atoms with Crippen LogP contribution in [0.25, 0.3) is 0 Å². The first-order valence-corrected chi connectivity index (χ1v) is 10.1. The summed E-state index contributed by atoms with van der Waals surface area (Å²) in [6.07, 6.45) is 0. The fourth-order valence-corrected chi connectivity index (χ4v) is 3.77. The fraction of sp³-hybridized carbons (Fsp3) is 0.375. The number of rotatable bonds is 5. The number of nitrogens with zero attached hydrogens (tertiary/aromatic N) is 1. The minimum atomic E-state index is -1.41. The average Bonchev–Trinajstić information content (AvgIpc) is 2.94. The topological polar surface area (TPSA) is 75.7 Å². The normalized spacial score (nSPS) is 17.1. The molecule has 0 radical (unpaired) electrons. The van der Waals surface area contributed by atoms with Crippen LogP contribution in [-0.4, -0.2) is 34.5 Å². The van der Waals surface area contributed by atoms with E-state index in [1.54, 1.807) is 58.9 Å². The Morgan fingerprint density at radius 2 is 1.40 bits per heavy atom. The predicted molar refractivity (Wildman–Crippen MR) is 114 cm³/mol. The van der Waals surface area contributed by atoms with E-state index in [-0.39, 0.29) is 5.92 Å². The molecule has 1 heterocycles. The Morgan fingerprint density at radius 3 is 1.80 bits per heavy atom. The van der Waals surface area contributed by atoms with E-state index in [1.165, 1.54) is 0 Å². The maximum atomic E-state index is 13.9. The summed E-state index contributed by atoms with van der Waals surface area (Å²) in [5.74, 6) is -1.41. The van der Waals surface area contributed by atoms with Gasteiger partial charge in [-0.15, -0.1) is 0 Å². The van der Waals surface area contributed by atoms with Gasteiger partial charge in [-0.2, -0.15) is 0 Å².